The first-order valence-electron chi connectivity index (χ1n) is 9.60. The van der Waals surface area contributed by atoms with E-state index in [1.54, 1.807) is 4.57 Å². The summed E-state index contributed by atoms with van der Waals surface area (Å²) in [5.74, 6) is 0.108. The van der Waals surface area contributed by atoms with Gasteiger partial charge in [0.1, 0.15) is 0 Å². The summed E-state index contributed by atoms with van der Waals surface area (Å²) >= 11 is 0. The summed E-state index contributed by atoms with van der Waals surface area (Å²) in [6.45, 7) is 18.3. The third kappa shape index (κ3) is 3.77. The van der Waals surface area contributed by atoms with E-state index < -0.39 is 0 Å². The molecule has 0 N–H and O–H groups in total. The summed E-state index contributed by atoms with van der Waals surface area (Å²) in [7, 11) is 0. The van der Waals surface area contributed by atoms with Crippen LogP contribution in [0.3, 0.4) is 0 Å². The Balaban J connectivity index is 2.30. The first kappa shape index (κ1) is 19.6. The minimum absolute atomic E-state index is 0.108. The van der Waals surface area contributed by atoms with Gasteiger partial charge >= 0.3 is 0 Å². The van der Waals surface area contributed by atoms with E-state index in [9.17, 15) is 4.79 Å². The second-order valence-corrected chi connectivity index (χ2v) is 7.79. The third-order valence-electron chi connectivity index (χ3n) is 5.18. The summed E-state index contributed by atoms with van der Waals surface area (Å²) in [5.41, 5.74) is 7.29. The molecular formula is C25H26N2O. The van der Waals surface area contributed by atoms with Gasteiger partial charge in [0.25, 0.3) is 11.2 Å². The molecule has 0 aliphatic carbocycles. The Morgan fingerprint density at radius 3 is 2.32 bits per heavy atom. The fraction of sp³-hybridized carbons (Fsp3) is 0.280. The zero-order chi connectivity index (χ0) is 20.4. The van der Waals surface area contributed by atoms with Crippen molar-refractivity contribution in [2.45, 2.75) is 47.1 Å². The molecule has 28 heavy (non-hydrogen) atoms. The zero-order valence-corrected chi connectivity index (χ0v) is 17.2. The van der Waals surface area contributed by atoms with Gasteiger partial charge in [-0.25, -0.2) is 4.85 Å². The Hall–Kier alpha value is -3.12. The van der Waals surface area contributed by atoms with Gasteiger partial charge in [-0.2, -0.15) is 0 Å². The number of aryl methyl sites for hydroxylation is 3. The van der Waals surface area contributed by atoms with Crippen molar-refractivity contribution in [3.63, 3.8) is 0 Å². The van der Waals surface area contributed by atoms with E-state index in [-0.39, 0.29) is 17.2 Å². The van der Waals surface area contributed by atoms with Crippen molar-refractivity contribution in [3.8, 4) is 11.3 Å². The van der Waals surface area contributed by atoms with E-state index in [1.165, 1.54) is 5.56 Å². The number of hydrogen-bond acceptors (Lipinski definition) is 1. The summed E-state index contributed by atoms with van der Waals surface area (Å²) in [5, 5.41) is 0. The van der Waals surface area contributed by atoms with E-state index in [4.69, 9.17) is 6.57 Å². The van der Waals surface area contributed by atoms with Crippen LogP contribution in [0.2, 0.25) is 0 Å². The van der Waals surface area contributed by atoms with E-state index in [0.717, 1.165) is 33.5 Å². The van der Waals surface area contributed by atoms with Crippen molar-refractivity contribution in [2.75, 3.05) is 0 Å². The average molecular weight is 370 g/mol. The lowest BCUT2D eigenvalue weighted by molar-refractivity contribution is 0.755. The molecule has 2 aromatic carbocycles. The zero-order valence-electron chi connectivity index (χ0n) is 17.2. The van der Waals surface area contributed by atoms with Crippen LogP contribution in [0.1, 0.15) is 47.6 Å². The first-order valence-corrected chi connectivity index (χ1v) is 9.60. The topological polar surface area (TPSA) is 26.4 Å². The second kappa shape index (κ2) is 7.86. The van der Waals surface area contributed by atoms with Gasteiger partial charge in [0.2, 0.25) is 0 Å². The number of benzene rings is 2. The Bertz CT molecular complexity index is 1130. The average Bonchev–Trinajstić information content (AvgIpc) is 2.64. The van der Waals surface area contributed by atoms with E-state index in [0.29, 0.717) is 6.54 Å². The lowest BCUT2D eigenvalue weighted by atomic mass is 9.98. The highest BCUT2D eigenvalue weighted by Gasteiger charge is 2.19. The monoisotopic (exact) mass is 370 g/mol. The highest BCUT2D eigenvalue weighted by molar-refractivity contribution is 5.66. The molecule has 0 atom stereocenters. The maximum Gasteiger partial charge on any atom is 0.257 e. The highest BCUT2D eigenvalue weighted by atomic mass is 16.1. The van der Waals surface area contributed by atoms with Gasteiger partial charge in [0.15, 0.2) is 0 Å². The van der Waals surface area contributed by atoms with Gasteiger partial charge in [-0.3, -0.25) is 4.79 Å². The summed E-state index contributed by atoms with van der Waals surface area (Å²) in [4.78, 5) is 16.9. The predicted octanol–water partition coefficient (Wildman–Crippen LogP) is 6.16. The highest BCUT2D eigenvalue weighted by Crippen LogP contribution is 2.30. The van der Waals surface area contributed by atoms with Crippen LogP contribution in [0.4, 0.5) is 5.69 Å². The first-order chi connectivity index (χ1) is 13.3. The molecule has 3 nitrogen and oxygen atoms in total. The lowest BCUT2D eigenvalue weighted by Crippen LogP contribution is -2.24. The molecule has 1 heterocycles. The number of rotatable bonds is 4. The van der Waals surface area contributed by atoms with Crippen LogP contribution in [-0.4, -0.2) is 4.57 Å². The smallest absolute Gasteiger partial charge is 0.257 e. The van der Waals surface area contributed by atoms with Gasteiger partial charge in [-0.1, -0.05) is 61.4 Å². The van der Waals surface area contributed by atoms with Crippen LogP contribution >= 0.6 is 0 Å². The standard InChI is InChI=1S/C25H26N2O/c1-16(2)22-14-23(20-9-7-8-17(3)13-20)27(25(28)24(22)26-6)15-21-11-10-18(4)12-19(21)5/h7-14,16H,15H2,1-5H3. The molecule has 0 spiro atoms. The molecule has 0 aliphatic heterocycles. The van der Waals surface area contributed by atoms with Crippen LogP contribution < -0.4 is 5.56 Å². The third-order valence-corrected chi connectivity index (χ3v) is 5.18. The SMILES string of the molecule is [C-]#[N+]c1c(C(C)C)cc(-c2cccc(C)c2)n(Cc2ccc(C)cc2C)c1=O. The molecular weight excluding hydrogens is 344 g/mol. The molecule has 0 saturated carbocycles. The molecule has 3 rings (SSSR count). The van der Waals surface area contributed by atoms with Gasteiger partial charge < -0.3 is 4.57 Å². The normalized spacial score (nSPS) is 10.9. The molecule has 3 heteroatoms. The van der Waals surface area contributed by atoms with E-state index in [2.05, 4.69) is 43.0 Å². The molecule has 1 aromatic heterocycles. The number of hydrogen-bond donors (Lipinski definition) is 0. The lowest BCUT2D eigenvalue weighted by Gasteiger charge is -2.19. The van der Waals surface area contributed by atoms with Crippen molar-refractivity contribution in [3.05, 3.63) is 98.1 Å². The quantitative estimate of drug-likeness (QED) is 0.505. The van der Waals surface area contributed by atoms with E-state index >= 15 is 0 Å². The Morgan fingerprint density at radius 2 is 1.71 bits per heavy atom. The van der Waals surface area contributed by atoms with Crippen molar-refractivity contribution in [1.82, 2.24) is 4.57 Å². The Kier molecular flexibility index (Phi) is 5.51. The molecule has 0 unspecified atom stereocenters. The maximum atomic E-state index is 13.3. The second-order valence-electron chi connectivity index (χ2n) is 7.79. The minimum atomic E-state index is -0.210. The minimum Gasteiger partial charge on any atom is -0.313 e. The molecule has 0 fully saturated rings. The predicted molar refractivity (Wildman–Crippen MR) is 116 cm³/mol. The molecule has 0 radical (unpaired) electrons. The fourth-order valence-corrected chi connectivity index (χ4v) is 3.60. The Morgan fingerprint density at radius 1 is 1.00 bits per heavy atom. The summed E-state index contributed by atoms with van der Waals surface area (Å²) in [6.07, 6.45) is 0. The van der Waals surface area contributed by atoms with Crippen molar-refractivity contribution in [1.29, 1.82) is 0 Å². The summed E-state index contributed by atoms with van der Waals surface area (Å²) in [6, 6.07) is 16.5. The molecule has 3 aromatic rings. The van der Waals surface area contributed by atoms with Crippen LogP contribution in [0.15, 0.2) is 53.3 Å². The summed E-state index contributed by atoms with van der Waals surface area (Å²) < 4.78 is 1.76. The maximum absolute atomic E-state index is 13.3. The largest absolute Gasteiger partial charge is 0.313 e. The number of pyridine rings is 1. The van der Waals surface area contributed by atoms with Gasteiger partial charge in [0, 0.05) is 5.69 Å². The van der Waals surface area contributed by atoms with Crippen LogP contribution in [-0.2, 0) is 6.54 Å². The number of aromatic nitrogens is 1. The molecule has 0 amide bonds. The van der Waals surface area contributed by atoms with Gasteiger partial charge in [0.05, 0.1) is 13.1 Å². The Labute approximate surface area is 167 Å². The van der Waals surface area contributed by atoms with Gasteiger partial charge in [-0.05, 0) is 61.1 Å². The van der Waals surface area contributed by atoms with Crippen molar-refractivity contribution >= 4 is 5.69 Å². The van der Waals surface area contributed by atoms with Crippen LogP contribution in [0.5, 0.6) is 0 Å². The van der Waals surface area contributed by atoms with Crippen LogP contribution in [0, 0.1) is 27.3 Å². The van der Waals surface area contributed by atoms with Crippen LogP contribution in [0.25, 0.3) is 16.1 Å². The van der Waals surface area contributed by atoms with Crippen molar-refractivity contribution in [2.24, 2.45) is 0 Å². The molecule has 0 saturated heterocycles. The number of nitrogens with zero attached hydrogens (tertiary/aromatic N) is 2. The molecule has 0 bridgehead atoms. The van der Waals surface area contributed by atoms with Crippen molar-refractivity contribution < 1.29 is 0 Å². The molecule has 142 valence electrons. The molecule has 0 aliphatic rings. The van der Waals surface area contributed by atoms with E-state index in [1.807, 2.05) is 45.0 Å². The van der Waals surface area contributed by atoms with Gasteiger partial charge in [-0.15, -0.1) is 0 Å². The fourth-order valence-electron chi connectivity index (χ4n) is 3.60.